The summed E-state index contributed by atoms with van der Waals surface area (Å²) < 4.78 is 1.33. The number of nitrogens with two attached hydrogens (primary N) is 2. The van der Waals surface area contributed by atoms with Crippen LogP contribution in [0.3, 0.4) is 0 Å². The third kappa shape index (κ3) is 3.14. The molecule has 7 nitrogen and oxygen atoms in total. The van der Waals surface area contributed by atoms with Crippen molar-refractivity contribution in [1.29, 1.82) is 0 Å². The molecule has 5 N–H and O–H groups in total. The average molecular weight is 273 g/mol. The Balaban J connectivity index is 2.03. The SMILES string of the molecule is Cc1ccc(NC(=O)Cn2cc(C(N)=O)cn2)c(N)c1. The molecule has 0 atom stereocenters. The molecule has 2 rings (SSSR count). The average Bonchev–Trinajstić information content (AvgIpc) is 2.81. The van der Waals surface area contributed by atoms with Gasteiger partial charge in [0.2, 0.25) is 5.91 Å². The first kappa shape index (κ1) is 13.6. The third-order valence-corrected chi connectivity index (χ3v) is 2.70. The van der Waals surface area contributed by atoms with E-state index in [1.807, 2.05) is 13.0 Å². The second-order valence-electron chi connectivity index (χ2n) is 4.43. The van der Waals surface area contributed by atoms with Gasteiger partial charge in [-0.15, -0.1) is 0 Å². The van der Waals surface area contributed by atoms with Crippen molar-refractivity contribution in [2.45, 2.75) is 13.5 Å². The van der Waals surface area contributed by atoms with Crippen molar-refractivity contribution in [2.24, 2.45) is 5.73 Å². The number of nitrogen functional groups attached to an aromatic ring is 1. The van der Waals surface area contributed by atoms with Crippen LogP contribution in [-0.2, 0) is 11.3 Å². The number of aromatic nitrogens is 2. The van der Waals surface area contributed by atoms with Gasteiger partial charge >= 0.3 is 0 Å². The molecule has 1 heterocycles. The first-order valence-corrected chi connectivity index (χ1v) is 5.94. The van der Waals surface area contributed by atoms with Crippen molar-refractivity contribution in [3.63, 3.8) is 0 Å². The molecule has 2 aromatic rings. The molecule has 0 fully saturated rings. The smallest absolute Gasteiger partial charge is 0.251 e. The summed E-state index contributed by atoms with van der Waals surface area (Å²) in [7, 11) is 0. The van der Waals surface area contributed by atoms with Gasteiger partial charge in [-0.05, 0) is 24.6 Å². The van der Waals surface area contributed by atoms with Gasteiger partial charge in [0.15, 0.2) is 0 Å². The van der Waals surface area contributed by atoms with Crippen LogP contribution in [0.4, 0.5) is 11.4 Å². The molecule has 0 aliphatic rings. The van der Waals surface area contributed by atoms with E-state index in [1.165, 1.54) is 17.1 Å². The standard InChI is InChI=1S/C13H15N5O2/c1-8-2-3-11(10(14)4-8)17-12(19)7-18-6-9(5-16-18)13(15)20/h2-6H,7,14H2,1H3,(H2,15,20)(H,17,19). The lowest BCUT2D eigenvalue weighted by Gasteiger charge is -2.08. The fourth-order valence-corrected chi connectivity index (χ4v) is 1.71. The molecule has 7 heteroatoms. The molecular formula is C13H15N5O2. The summed E-state index contributed by atoms with van der Waals surface area (Å²) in [4.78, 5) is 22.8. The Morgan fingerprint density at radius 3 is 2.75 bits per heavy atom. The minimum absolute atomic E-state index is 0.0272. The molecule has 1 aromatic heterocycles. The zero-order chi connectivity index (χ0) is 14.7. The van der Waals surface area contributed by atoms with Crippen molar-refractivity contribution in [1.82, 2.24) is 9.78 Å². The normalized spacial score (nSPS) is 10.2. The van der Waals surface area contributed by atoms with Gasteiger partial charge in [0.05, 0.1) is 23.1 Å². The molecule has 0 spiro atoms. The highest BCUT2D eigenvalue weighted by molar-refractivity contribution is 5.94. The first-order valence-electron chi connectivity index (χ1n) is 5.94. The van der Waals surface area contributed by atoms with Gasteiger partial charge in [-0.2, -0.15) is 5.10 Å². The fourth-order valence-electron chi connectivity index (χ4n) is 1.71. The van der Waals surface area contributed by atoms with Gasteiger partial charge in [-0.25, -0.2) is 0 Å². The van der Waals surface area contributed by atoms with E-state index in [0.717, 1.165) is 5.56 Å². The summed E-state index contributed by atoms with van der Waals surface area (Å²) in [5.74, 6) is -0.876. The molecule has 2 amide bonds. The first-order chi connectivity index (χ1) is 9.45. The quantitative estimate of drug-likeness (QED) is 0.704. The molecule has 1 aromatic carbocycles. The minimum atomic E-state index is -0.584. The van der Waals surface area contributed by atoms with Crippen LogP contribution < -0.4 is 16.8 Å². The number of nitrogens with one attached hydrogen (secondary N) is 1. The zero-order valence-electron chi connectivity index (χ0n) is 11.0. The molecule has 0 saturated heterocycles. The lowest BCUT2D eigenvalue weighted by Crippen LogP contribution is -2.20. The number of hydrogen-bond acceptors (Lipinski definition) is 4. The monoisotopic (exact) mass is 273 g/mol. The van der Waals surface area contributed by atoms with E-state index in [1.54, 1.807) is 12.1 Å². The van der Waals surface area contributed by atoms with Crippen molar-refractivity contribution in [3.05, 3.63) is 41.7 Å². The highest BCUT2D eigenvalue weighted by Crippen LogP contribution is 2.19. The molecular weight excluding hydrogens is 258 g/mol. The Hall–Kier alpha value is -2.83. The van der Waals surface area contributed by atoms with E-state index >= 15 is 0 Å². The van der Waals surface area contributed by atoms with Crippen LogP contribution in [0, 0.1) is 6.92 Å². The largest absolute Gasteiger partial charge is 0.397 e. The van der Waals surface area contributed by atoms with Crippen LogP contribution in [0.5, 0.6) is 0 Å². The second kappa shape index (κ2) is 5.43. The molecule has 0 aliphatic carbocycles. The number of carbonyl (C=O) groups excluding carboxylic acids is 2. The number of carbonyl (C=O) groups is 2. The van der Waals surface area contributed by atoms with Gasteiger partial charge in [-0.3, -0.25) is 14.3 Å². The maximum absolute atomic E-state index is 11.9. The predicted molar refractivity (Wildman–Crippen MR) is 75.0 cm³/mol. The summed E-state index contributed by atoms with van der Waals surface area (Å²) in [6.07, 6.45) is 2.73. The van der Waals surface area contributed by atoms with E-state index in [4.69, 9.17) is 11.5 Å². The number of aryl methyl sites for hydroxylation is 1. The van der Waals surface area contributed by atoms with Crippen LogP contribution in [-0.4, -0.2) is 21.6 Å². The number of rotatable bonds is 4. The van der Waals surface area contributed by atoms with E-state index in [9.17, 15) is 9.59 Å². The Morgan fingerprint density at radius 2 is 2.15 bits per heavy atom. The molecule has 0 bridgehead atoms. The fraction of sp³-hybridized carbons (Fsp3) is 0.154. The molecule has 0 aliphatic heterocycles. The van der Waals surface area contributed by atoms with Crippen molar-refractivity contribution in [2.75, 3.05) is 11.1 Å². The predicted octanol–water partition coefficient (Wildman–Crippen LogP) is 0.511. The highest BCUT2D eigenvalue weighted by atomic mass is 16.2. The lowest BCUT2D eigenvalue weighted by atomic mass is 10.2. The summed E-state index contributed by atoms with van der Waals surface area (Å²) >= 11 is 0. The van der Waals surface area contributed by atoms with Gasteiger partial charge in [0.1, 0.15) is 6.54 Å². The van der Waals surface area contributed by atoms with Crippen LogP contribution in [0.25, 0.3) is 0 Å². The Labute approximate surface area is 115 Å². The number of primary amides is 1. The van der Waals surface area contributed by atoms with E-state index in [-0.39, 0.29) is 18.0 Å². The van der Waals surface area contributed by atoms with Gasteiger partial charge in [-0.1, -0.05) is 6.07 Å². The van der Waals surface area contributed by atoms with Crippen LogP contribution >= 0.6 is 0 Å². The number of nitrogens with zero attached hydrogens (tertiary/aromatic N) is 2. The van der Waals surface area contributed by atoms with Gasteiger partial charge in [0.25, 0.3) is 5.91 Å². The van der Waals surface area contributed by atoms with E-state index in [2.05, 4.69) is 10.4 Å². The summed E-state index contributed by atoms with van der Waals surface area (Å²) in [6, 6.07) is 5.36. The van der Waals surface area contributed by atoms with Gasteiger partial charge in [0, 0.05) is 6.20 Å². The Bertz CT molecular complexity index is 663. The third-order valence-electron chi connectivity index (χ3n) is 2.70. The van der Waals surface area contributed by atoms with Crippen molar-refractivity contribution >= 4 is 23.2 Å². The number of benzene rings is 1. The zero-order valence-corrected chi connectivity index (χ0v) is 11.0. The molecule has 0 unspecified atom stereocenters. The Kier molecular flexibility index (Phi) is 3.69. The summed E-state index contributed by atoms with van der Waals surface area (Å²) in [6.45, 7) is 1.89. The second-order valence-corrected chi connectivity index (χ2v) is 4.43. The number of anilines is 2. The van der Waals surface area contributed by atoms with E-state index in [0.29, 0.717) is 11.4 Å². The topological polar surface area (TPSA) is 116 Å². The van der Waals surface area contributed by atoms with Crippen molar-refractivity contribution in [3.8, 4) is 0 Å². The molecule has 104 valence electrons. The number of amides is 2. The van der Waals surface area contributed by atoms with Crippen LogP contribution in [0.2, 0.25) is 0 Å². The highest BCUT2D eigenvalue weighted by Gasteiger charge is 2.09. The van der Waals surface area contributed by atoms with E-state index < -0.39 is 5.91 Å². The molecule has 0 radical (unpaired) electrons. The summed E-state index contributed by atoms with van der Waals surface area (Å²) in [5, 5.41) is 6.56. The van der Waals surface area contributed by atoms with Crippen molar-refractivity contribution < 1.29 is 9.59 Å². The lowest BCUT2D eigenvalue weighted by molar-refractivity contribution is -0.116. The molecule has 20 heavy (non-hydrogen) atoms. The maximum Gasteiger partial charge on any atom is 0.251 e. The number of hydrogen-bond donors (Lipinski definition) is 3. The maximum atomic E-state index is 11.9. The van der Waals surface area contributed by atoms with Gasteiger partial charge < -0.3 is 16.8 Å². The van der Waals surface area contributed by atoms with Crippen LogP contribution in [0.15, 0.2) is 30.6 Å². The molecule has 0 saturated carbocycles. The summed E-state index contributed by atoms with van der Waals surface area (Å²) in [5.41, 5.74) is 13.2. The Morgan fingerprint density at radius 1 is 1.40 bits per heavy atom. The minimum Gasteiger partial charge on any atom is -0.397 e. The van der Waals surface area contributed by atoms with Crippen LogP contribution in [0.1, 0.15) is 15.9 Å².